The molecule has 0 bridgehead atoms. The molecule has 2 aromatic rings. The predicted octanol–water partition coefficient (Wildman–Crippen LogP) is 2.99. The van der Waals surface area contributed by atoms with Crippen molar-refractivity contribution in [1.82, 2.24) is 20.0 Å². The Balaban J connectivity index is 1.46. The van der Waals surface area contributed by atoms with Gasteiger partial charge in [-0.15, -0.1) is 0 Å². The van der Waals surface area contributed by atoms with Crippen molar-refractivity contribution >= 4 is 5.91 Å². The summed E-state index contributed by atoms with van der Waals surface area (Å²) in [6.45, 7) is 10.9. The molecule has 1 aliphatic rings. The summed E-state index contributed by atoms with van der Waals surface area (Å²) in [7, 11) is 0. The summed E-state index contributed by atoms with van der Waals surface area (Å²) < 4.78 is 1.66. The summed E-state index contributed by atoms with van der Waals surface area (Å²) in [5.41, 5.74) is 3.53. The summed E-state index contributed by atoms with van der Waals surface area (Å²) in [5.74, 6) is 1.55. The standard InChI is InChI=1S/C21H30N4O/c1-16-8-17(2)12-24(11-16)14-20-6-4-19(5-7-20)10-22-21(26)15-25-13-18(3)9-23-25/h4-7,9,13,16-17H,8,10-12,14-15H2,1-3H3,(H,22,26). The van der Waals surface area contributed by atoms with Gasteiger partial charge in [0.2, 0.25) is 5.91 Å². The number of aromatic nitrogens is 2. The predicted molar refractivity (Wildman–Crippen MR) is 103 cm³/mol. The molecule has 5 heteroatoms. The van der Waals surface area contributed by atoms with E-state index in [-0.39, 0.29) is 12.5 Å². The largest absolute Gasteiger partial charge is 0.350 e. The van der Waals surface area contributed by atoms with Gasteiger partial charge in [-0.2, -0.15) is 5.10 Å². The molecule has 1 aliphatic heterocycles. The van der Waals surface area contributed by atoms with Crippen molar-refractivity contribution in [3.05, 3.63) is 53.3 Å². The van der Waals surface area contributed by atoms with Crippen LogP contribution in [0.2, 0.25) is 0 Å². The van der Waals surface area contributed by atoms with Crippen LogP contribution in [0.15, 0.2) is 36.7 Å². The Labute approximate surface area is 156 Å². The van der Waals surface area contributed by atoms with Crippen LogP contribution in [0.4, 0.5) is 0 Å². The molecule has 5 nitrogen and oxygen atoms in total. The molecule has 0 aliphatic carbocycles. The van der Waals surface area contributed by atoms with Crippen LogP contribution >= 0.6 is 0 Å². The number of hydrogen-bond acceptors (Lipinski definition) is 3. The van der Waals surface area contributed by atoms with Gasteiger partial charge in [0.1, 0.15) is 6.54 Å². The average molecular weight is 354 g/mol. The van der Waals surface area contributed by atoms with Crippen molar-refractivity contribution in [2.24, 2.45) is 11.8 Å². The van der Waals surface area contributed by atoms with Crippen LogP contribution in [0.25, 0.3) is 0 Å². The maximum Gasteiger partial charge on any atom is 0.241 e. The van der Waals surface area contributed by atoms with E-state index in [2.05, 4.69) is 53.4 Å². The normalized spacial score (nSPS) is 20.9. The van der Waals surface area contributed by atoms with Crippen LogP contribution in [0.1, 0.15) is 37.0 Å². The van der Waals surface area contributed by atoms with Crippen LogP contribution in [-0.2, 0) is 24.4 Å². The van der Waals surface area contributed by atoms with Crippen molar-refractivity contribution in [3.63, 3.8) is 0 Å². The first kappa shape index (κ1) is 18.6. The van der Waals surface area contributed by atoms with E-state index in [0.717, 1.165) is 29.5 Å². The number of carbonyl (C=O) groups is 1. The lowest BCUT2D eigenvalue weighted by atomic mass is 9.91. The Hall–Kier alpha value is -2.14. The molecular weight excluding hydrogens is 324 g/mol. The van der Waals surface area contributed by atoms with E-state index < -0.39 is 0 Å². The first-order valence-corrected chi connectivity index (χ1v) is 9.54. The van der Waals surface area contributed by atoms with E-state index in [0.29, 0.717) is 6.54 Å². The highest BCUT2D eigenvalue weighted by Crippen LogP contribution is 2.22. The van der Waals surface area contributed by atoms with Crippen molar-refractivity contribution < 1.29 is 4.79 Å². The summed E-state index contributed by atoms with van der Waals surface area (Å²) in [6, 6.07) is 8.60. The Bertz CT molecular complexity index is 712. The molecule has 1 fully saturated rings. The zero-order chi connectivity index (χ0) is 18.5. The molecule has 2 heterocycles. The van der Waals surface area contributed by atoms with Crippen molar-refractivity contribution in [2.45, 2.75) is 46.8 Å². The molecule has 3 rings (SSSR count). The maximum absolute atomic E-state index is 12.0. The van der Waals surface area contributed by atoms with Crippen LogP contribution < -0.4 is 5.32 Å². The molecule has 2 atom stereocenters. The zero-order valence-corrected chi connectivity index (χ0v) is 16.1. The number of nitrogens with one attached hydrogen (secondary N) is 1. The molecule has 26 heavy (non-hydrogen) atoms. The minimum absolute atomic E-state index is 0.0199. The molecule has 1 aromatic carbocycles. The molecule has 1 N–H and O–H groups in total. The third-order valence-electron chi connectivity index (χ3n) is 4.93. The number of piperidine rings is 1. The lowest BCUT2D eigenvalue weighted by Crippen LogP contribution is -2.38. The second kappa shape index (κ2) is 8.49. The third-order valence-corrected chi connectivity index (χ3v) is 4.93. The van der Waals surface area contributed by atoms with E-state index in [1.807, 2.05) is 13.1 Å². The number of aryl methyl sites for hydroxylation is 1. The SMILES string of the molecule is Cc1cnn(CC(=O)NCc2ccc(CN3CC(C)CC(C)C3)cc2)c1. The fraction of sp³-hybridized carbons (Fsp3) is 0.524. The van der Waals surface area contributed by atoms with Gasteiger partial charge in [-0.25, -0.2) is 0 Å². The van der Waals surface area contributed by atoms with Crippen LogP contribution in [0.5, 0.6) is 0 Å². The van der Waals surface area contributed by atoms with E-state index in [1.54, 1.807) is 10.9 Å². The number of nitrogens with zero attached hydrogens (tertiary/aromatic N) is 3. The molecule has 0 spiro atoms. The molecule has 0 saturated carbocycles. The molecule has 2 unspecified atom stereocenters. The van der Waals surface area contributed by atoms with Gasteiger partial charge in [0, 0.05) is 32.4 Å². The first-order valence-electron chi connectivity index (χ1n) is 9.54. The minimum atomic E-state index is -0.0199. The summed E-state index contributed by atoms with van der Waals surface area (Å²) in [4.78, 5) is 14.6. The number of rotatable bonds is 6. The smallest absolute Gasteiger partial charge is 0.241 e. The second-order valence-electron chi connectivity index (χ2n) is 7.95. The van der Waals surface area contributed by atoms with Gasteiger partial charge in [0.25, 0.3) is 0 Å². The van der Waals surface area contributed by atoms with Gasteiger partial charge in [0.05, 0.1) is 6.20 Å². The number of amides is 1. The maximum atomic E-state index is 12.0. The van der Waals surface area contributed by atoms with E-state index in [4.69, 9.17) is 0 Å². The fourth-order valence-corrected chi connectivity index (χ4v) is 3.90. The zero-order valence-electron chi connectivity index (χ0n) is 16.1. The van der Waals surface area contributed by atoms with Gasteiger partial charge in [-0.1, -0.05) is 38.1 Å². The molecular formula is C21H30N4O. The second-order valence-corrected chi connectivity index (χ2v) is 7.95. The Morgan fingerprint density at radius 3 is 2.42 bits per heavy atom. The van der Waals surface area contributed by atoms with Crippen LogP contribution in [-0.4, -0.2) is 33.7 Å². The lowest BCUT2D eigenvalue weighted by molar-refractivity contribution is -0.122. The Morgan fingerprint density at radius 1 is 1.15 bits per heavy atom. The van der Waals surface area contributed by atoms with Gasteiger partial charge in [-0.3, -0.25) is 14.4 Å². The van der Waals surface area contributed by atoms with Crippen molar-refractivity contribution in [1.29, 1.82) is 0 Å². The number of carbonyl (C=O) groups excluding carboxylic acids is 1. The van der Waals surface area contributed by atoms with E-state index >= 15 is 0 Å². The molecule has 1 saturated heterocycles. The van der Waals surface area contributed by atoms with E-state index in [1.165, 1.54) is 25.1 Å². The third kappa shape index (κ3) is 5.43. The highest BCUT2D eigenvalue weighted by molar-refractivity contribution is 5.75. The highest BCUT2D eigenvalue weighted by atomic mass is 16.2. The first-order chi connectivity index (χ1) is 12.5. The minimum Gasteiger partial charge on any atom is -0.350 e. The molecule has 1 aromatic heterocycles. The number of hydrogen-bond donors (Lipinski definition) is 1. The fourth-order valence-electron chi connectivity index (χ4n) is 3.90. The molecule has 1 amide bonds. The highest BCUT2D eigenvalue weighted by Gasteiger charge is 2.21. The van der Waals surface area contributed by atoms with Crippen molar-refractivity contribution in [3.8, 4) is 0 Å². The molecule has 140 valence electrons. The van der Waals surface area contributed by atoms with Gasteiger partial charge in [0.15, 0.2) is 0 Å². The van der Waals surface area contributed by atoms with Gasteiger partial charge >= 0.3 is 0 Å². The van der Waals surface area contributed by atoms with Crippen LogP contribution in [0.3, 0.4) is 0 Å². The average Bonchev–Trinajstić information content (AvgIpc) is 2.98. The van der Waals surface area contributed by atoms with Crippen LogP contribution in [0, 0.1) is 18.8 Å². The van der Waals surface area contributed by atoms with Gasteiger partial charge < -0.3 is 5.32 Å². The lowest BCUT2D eigenvalue weighted by Gasteiger charge is -2.35. The van der Waals surface area contributed by atoms with Crippen molar-refractivity contribution in [2.75, 3.05) is 13.1 Å². The Kier molecular flexibility index (Phi) is 6.09. The molecule has 0 radical (unpaired) electrons. The van der Waals surface area contributed by atoms with E-state index in [9.17, 15) is 4.79 Å². The number of benzene rings is 1. The van der Waals surface area contributed by atoms with Gasteiger partial charge in [-0.05, 0) is 41.9 Å². The summed E-state index contributed by atoms with van der Waals surface area (Å²) in [5, 5.41) is 7.10. The summed E-state index contributed by atoms with van der Waals surface area (Å²) in [6.07, 6.45) is 4.97. The number of likely N-dealkylation sites (tertiary alicyclic amines) is 1. The topological polar surface area (TPSA) is 50.2 Å². The summed E-state index contributed by atoms with van der Waals surface area (Å²) >= 11 is 0. The quantitative estimate of drug-likeness (QED) is 0.868. The monoisotopic (exact) mass is 354 g/mol. The Morgan fingerprint density at radius 2 is 1.81 bits per heavy atom.